The van der Waals surface area contributed by atoms with Gasteiger partial charge in [0.25, 0.3) is 0 Å². The normalized spacial score (nSPS) is 14.8. The summed E-state index contributed by atoms with van der Waals surface area (Å²) in [5.74, 6) is -1.60. The lowest BCUT2D eigenvalue weighted by molar-refractivity contribution is 0.101. The minimum absolute atomic E-state index is 0.196. The van der Waals surface area contributed by atoms with Gasteiger partial charge in [0, 0.05) is 18.7 Å². The van der Waals surface area contributed by atoms with E-state index in [-0.39, 0.29) is 18.7 Å². The van der Waals surface area contributed by atoms with Crippen molar-refractivity contribution in [1.29, 1.82) is 0 Å². The Morgan fingerprint density at radius 2 is 1.55 bits per heavy atom. The quantitative estimate of drug-likeness (QED) is 0.813. The van der Waals surface area contributed by atoms with Crippen LogP contribution in [0.2, 0.25) is 0 Å². The molecule has 1 aliphatic heterocycles. The largest absolute Gasteiger partial charge is 0.293 e. The van der Waals surface area contributed by atoms with Crippen LogP contribution in [0.15, 0.2) is 48.5 Å². The van der Waals surface area contributed by atoms with Gasteiger partial charge in [0.05, 0.1) is 0 Å². The van der Waals surface area contributed by atoms with E-state index in [0.29, 0.717) is 0 Å². The molecule has 0 atom stereocenters. The highest BCUT2D eigenvalue weighted by Crippen LogP contribution is 2.25. The number of rotatable bonds is 4. The van der Waals surface area contributed by atoms with Crippen LogP contribution in [0.3, 0.4) is 0 Å². The first kappa shape index (κ1) is 14.9. The van der Waals surface area contributed by atoms with E-state index < -0.39 is 27.4 Å². The third-order valence-corrected chi connectivity index (χ3v) is 5.36. The molecule has 0 N–H and O–H groups in total. The fourth-order valence-corrected chi connectivity index (χ4v) is 3.83. The summed E-state index contributed by atoms with van der Waals surface area (Å²) in [6.07, 6.45) is 0. The zero-order chi connectivity index (χ0) is 15.7. The second kappa shape index (κ2) is 5.62. The third-order valence-electron chi connectivity index (χ3n) is 3.68. The van der Waals surface area contributed by atoms with Crippen LogP contribution < -0.4 is 0 Å². The Bertz CT molecular complexity index is 791. The summed E-state index contributed by atoms with van der Waals surface area (Å²) in [6.45, 7) is 0.574. The Hall–Kier alpha value is -2.05. The van der Waals surface area contributed by atoms with Gasteiger partial charge in [-0.2, -0.15) is 4.31 Å². The van der Waals surface area contributed by atoms with Gasteiger partial charge in [0.1, 0.15) is 11.6 Å². The van der Waals surface area contributed by atoms with E-state index in [1.165, 1.54) is 16.4 Å². The topological polar surface area (TPSA) is 54.5 Å². The van der Waals surface area contributed by atoms with Gasteiger partial charge in [-0.1, -0.05) is 24.3 Å². The smallest absolute Gasteiger partial charge is 0.222 e. The fraction of sp³-hybridized carbons (Fsp3) is 0.188. The molecule has 4 nitrogen and oxygen atoms in total. The number of ketones is 1. The first-order valence-electron chi connectivity index (χ1n) is 6.79. The van der Waals surface area contributed by atoms with Crippen molar-refractivity contribution < 1.29 is 17.6 Å². The molecule has 22 heavy (non-hydrogen) atoms. The van der Waals surface area contributed by atoms with Crippen LogP contribution >= 0.6 is 0 Å². The van der Waals surface area contributed by atoms with Crippen molar-refractivity contribution in [2.24, 2.45) is 0 Å². The van der Waals surface area contributed by atoms with Crippen LogP contribution in [-0.2, 0) is 23.1 Å². The van der Waals surface area contributed by atoms with Gasteiger partial charge in [0.2, 0.25) is 10.0 Å². The molecule has 1 aliphatic rings. The number of Topliss-reactive ketones (excluding diaryl/α,β-unsaturated/α-hetero) is 1. The van der Waals surface area contributed by atoms with Crippen LogP contribution in [0.5, 0.6) is 0 Å². The lowest BCUT2D eigenvalue weighted by Gasteiger charge is -2.15. The Morgan fingerprint density at radius 1 is 1.00 bits per heavy atom. The second-order valence-corrected chi connectivity index (χ2v) is 7.19. The first-order valence-corrected chi connectivity index (χ1v) is 8.40. The highest BCUT2D eigenvalue weighted by molar-refractivity contribution is 7.89. The van der Waals surface area contributed by atoms with E-state index in [9.17, 15) is 17.6 Å². The minimum atomic E-state index is -3.70. The number of carbonyl (C=O) groups is 1. The number of hydrogen-bond donors (Lipinski definition) is 0. The zero-order valence-electron chi connectivity index (χ0n) is 11.7. The van der Waals surface area contributed by atoms with Crippen molar-refractivity contribution in [3.05, 3.63) is 71.0 Å². The maximum atomic E-state index is 12.8. The molecule has 0 unspecified atom stereocenters. The lowest BCUT2D eigenvalue weighted by Crippen LogP contribution is -2.31. The van der Waals surface area contributed by atoms with Crippen LogP contribution in [0.4, 0.5) is 4.39 Å². The lowest BCUT2D eigenvalue weighted by atomic mass is 10.1. The second-order valence-electron chi connectivity index (χ2n) is 5.22. The molecule has 0 radical (unpaired) electrons. The zero-order valence-corrected chi connectivity index (χ0v) is 12.5. The summed E-state index contributed by atoms with van der Waals surface area (Å²) in [5, 5.41) is 0. The van der Waals surface area contributed by atoms with Crippen molar-refractivity contribution >= 4 is 15.8 Å². The molecule has 0 aliphatic carbocycles. The van der Waals surface area contributed by atoms with Gasteiger partial charge in [-0.05, 0) is 35.4 Å². The molecule has 0 amide bonds. The molecule has 3 rings (SSSR count). The number of halogens is 1. The molecule has 114 valence electrons. The average Bonchev–Trinajstić information content (AvgIpc) is 2.92. The molecule has 0 spiro atoms. The summed E-state index contributed by atoms with van der Waals surface area (Å²) in [6, 6.07) is 12.4. The molecule has 2 aromatic rings. The van der Waals surface area contributed by atoms with Crippen LogP contribution in [0.25, 0.3) is 0 Å². The Labute approximate surface area is 128 Å². The van der Waals surface area contributed by atoms with E-state index in [1.54, 1.807) is 0 Å². The molecular weight excluding hydrogens is 305 g/mol. The predicted octanol–water partition coefficient (Wildman–Crippen LogP) is 2.35. The molecule has 1 heterocycles. The number of sulfonamides is 1. The maximum absolute atomic E-state index is 12.8. The molecule has 0 bridgehead atoms. The molecule has 2 aromatic carbocycles. The van der Waals surface area contributed by atoms with Gasteiger partial charge in [0.15, 0.2) is 5.78 Å². The van der Waals surface area contributed by atoms with Gasteiger partial charge in [-0.25, -0.2) is 12.8 Å². The maximum Gasteiger partial charge on any atom is 0.222 e. The molecular formula is C16H14FNO3S. The van der Waals surface area contributed by atoms with Crippen LogP contribution in [-0.4, -0.2) is 24.3 Å². The third kappa shape index (κ3) is 2.93. The van der Waals surface area contributed by atoms with E-state index >= 15 is 0 Å². The summed E-state index contributed by atoms with van der Waals surface area (Å²) in [5.41, 5.74) is 2.11. The Balaban J connectivity index is 1.75. The molecule has 0 saturated heterocycles. The van der Waals surface area contributed by atoms with Crippen molar-refractivity contribution in [3.8, 4) is 0 Å². The van der Waals surface area contributed by atoms with Crippen molar-refractivity contribution in [2.75, 3.05) is 5.75 Å². The predicted molar refractivity (Wildman–Crippen MR) is 80.2 cm³/mol. The standard InChI is InChI=1S/C16H14FNO3S/c17-15-7-5-12(6-8-15)16(19)11-22(20,21)18-9-13-3-1-2-4-14(13)10-18/h1-8H,9-11H2. The summed E-state index contributed by atoms with van der Waals surface area (Å²) >= 11 is 0. The SMILES string of the molecule is O=C(CS(=O)(=O)N1Cc2ccccc2C1)c1ccc(F)cc1. The summed E-state index contributed by atoms with van der Waals surface area (Å²) in [4.78, 5) is 12.1. The molecule has 0 saturated carbocycles. The van der Waals surface area contributed by atoms with E-state index in [1.807, 2.05) is 24.3 Å². The van der Waals surface area contributed by atoms with Crippen molar-refractivity contribution in [3.63, 3.8) is 0 Å². The summed E-state index contributed by atoms with van der Waals surface area (Å²) in [7, 11) is -3.70. The Morgan fingerprint density at radius 3 is 2.09 bits per heavy atom. The monoisotopic (exact) mass is 319 g/mol. The minimum Gasteiger partial charge on any atom is -0.293 e. The number of fused-ring (bicyclic) bond motifs is 1. The van der Waals surface area contributed by atoms with Crippen molar-refractivity contribution in [2.45, 2.75) is 13.1 Å². The first-order chi connectivity index (χ1) is 10.5. The Kier molecular flexibility index (Phi) is 3.80. The highest BCUT2D eigenvalue weighted by Gasteiger charge is 2.30. The van der Waals surface area contributed by atoms with Crippen LogP contribution in [0, 0.1) is 5.82 Å². The number of benzene rings is 2. The average molecular weight is 319 g/mol. The van der Waals surface area contributed by atoms with Crippen molar-refractivity contribution in [1.82, 2.24) is 4.31 Å². The molecule has 0 fully saturated rings. The van der Waals surface area contributed by atoms with Gasteiger partial charge in [-0.3, -0.25) is 4.79 Å². The van der Waals surface area contributed by atoms with E-state index in [0.717, 1.165) is 23.3 Å². The van der Waals surface area contributed by atoms with Gasteiger partial charge in [-0.15, -0.1) is 0 Å². The van der Waals surface area contributed by atoms with E-state index in [4.69, 9.17) is 0 Å². The molecule has 0 aromatic heterocycles. The molecule has 6 heteroatoms. The van der Waals surface area contributed by atoms with Crippen LogP contribution in [0.1, 0.15) is 21.5 Å². The fourth-order valence-electron chi connectivity index (χ4n) is 2.47. The number of hydrogen-bond acceptors (Lipinski definition) is 3. The number of carbonyl (C=O) groups excluding carboxylic acids is 1. The highest BCUT2D eigenvalue weighted by atomic mass is 32.2. The van der Waals surface area contributed by atoms with Gasteiger partial charge < -0.3 is 0 Å². The summed E-state index contributed by atoms with van der Waals surface area (Å²) < 4.78 is 38.9. The number of nitrogens with zero attached hydrogens (tertiary/aromatic N) is 1. The van der Waals surface area contributed by atoms with E-state index in [2.05, 4.69) is 0 Å². The van der Waals surface area contributed by atoms with Gasteiger partial charge >= 0.3 is 0 Å².